The fourth-order valence-electron chi connectivity index (χ4n) is 5.70. The second-order valence-electron chi connectivity index (χ2n) is 16.9. The van der Waals surface area contributed by atoms with Crippen molar-refractivity contribution >= 4 is 23.3 Å². The number of nitrogens with one attached hydrogen (secondary N) is 1. The summed E-state index contributed by atoms with van der Waals surface area (Å²) in [5.74, 6) is 0.553. The first-order valence-electron chi connectivity index (χ1n) is 16.5. The van der Waals surface area contributed by atoms with E-state index in [0.717, 1.165) is 38.9 Å². The van der Waals surface area contributed by atoms with Crippen molar-refractivity contribution in [3.05, 3.63) is 93.7 Å². The lowest BCUT2D eigenvalue weighted by atomic mass is 9.79. The van der Waals surface area contributed by atoms with Gasteiger partial charge in [-0.05, 0) is 63.0 Å². The Bertz CT molecular complexity index is 1750. The van der Waals surface area contributed by atoms with E-state index >= 15 is 0 Å². The summed E-state index contributed by atoms with van der Waals surface area (Å²) < 4.78 is 0. The summed E-state index contributed by atoms with van der Waals surface area (Å²) in [7, 11) is 0. The van der Waals surface area contributed by atoms with Gasteiger partial charge in [0.1, 0.15) is 11.5 Å². The van der Waals surface area contributed by atoms with Crippen LogP contribution in [-0.2, 0) is 28.1 Å². The molecule has 0 aliphatic rings. The molecule has 0 amide bonds. The molecule has 1 aromatic heterocycles. The summed E-state index contributed by atoms with van der Waals surface area (Å²) in [6.45, 7) is 26.3. The molecular weight excluding hydrogens is 566 g/mol. The number of fused-ring (bicyclic) bond motifs is 1. The van der Waals surface area contributed by atoms with Crippen LogP contribution in [0.25, 0.3) is 10.9 Å². The monoisotopic (exact) mass is 621 g/mol. The number of benzene rings is 3. The fraction of sp³-hybridized carbons (Fsp3) is 0.463. The minimum Gasteiger partial charge on any atom is -0.507 e. The maximum atomic E-state index is 11.4. The highest BCUT2D eigenvalue weighted by Gasteiger charge is 2.26. The number of nitrogens with zero attached hydrogens (tertiary/aromatic N) is 2. The Morgan fingerprint density at radius 3 is 1.67 bits per heavy atom. The molecule has 5 heteroatoms. The molecule has 0 spiro atoms. The van der Waals surface area contributed by atoms with Gasteiger partial charge < -0.3 is 15.2 Å². The third-order valence-corrected chi connectivity index (χ3v) is 8.73. The zero-order chi connectivity index (χ0) is 34.2. The summed E-state index contributed by atoms with van der Waals surface area (Å²) in [4.78, 5) is 13.4. The van der Waals surface area contributed by atoms with E-state index in [9.17, 15) is 10.2 Å². The normalized spacial score (nSPS) is 14.2. The van der Waals surface area contributed by atoms with E-state index in [1.807, 2.05) is 12.3 Å². The highest BCUT2D eigenvalue weighted by Crippen LogP contribution is 2.38. The summed E-state index contributed by atoms with van der Waals surface area (Å²) in [5, 5.41) is 23.9. The number of phenols is 2. The molecule has 1 heterocycles. The third kappa shape index (κ3) is 8.10. The van der Waals surface area contributed by atoms with Crippen LogP contribution >= 0.6 is 0 Å². The smallest absolute Gasteiger partial charge is 0.128 e. The number of para-hydroxylation sites is 1. The molecule has 1 unspecified atom stereocenters. The van der Waals surface area contributed by atoms with Crippen LogP contribution in [0, 0.1) is 0 Å². The molecule has 0 saturated carbocycles. The van der Waals surface area contributed by atoms with E-state index in [2.05, 4.69) is 137 Å². The fourth-order valence-corrected chi connectivity index (χ4v) is 5.70. The largest absolute Gasteiger partial charge is 0.507 e. The number of hydrogen-bond acceptors (Lipinski definition) is 4. The Kier molecular flexibility index (Phi) is 9.69. The molecule has 0 aliphatic heterocycles. The van der Waals surface area contributed by atoms with E-state index in [0.29, 0.717) is 13.0 Å². The number of aromatic nitrogens is 1. The topological polar surface area (TPSA) is 81.0 Å². The van der Waals surface area contributed by atoms with Crippen LogP contribution in [0.5, 0.6) is 11.5 Å². The van der Waals surface area contributed by atoms with Gasteiger partial charge in [-0.3, -0.25) is 9.98 Å². The van der Waals surface area contributed by atoms with Crippen molar-refractivity contribution in [1.82, 2.24) is 4.98 Å². The van der Waals surface area contributed by atoms with E-state index in [4.69, 9.17) is 9.98 Å². The molecule has 4 rings (SSSR count). The molecule has 0 radical (unpaired) electrons. The average Bonchev–Trinajstić information content (AvgIpc) is 3.33. The first kappa shape index (κ1) is 35.0. The molecule has 3 N–H and O–H groups in total. The van der Waals surface area contributed by atoms with Crippen LogP contribution in [0.1, 0.15) is 122 Å². The number of aliphatic imine (C=N–C) groups is 2. The SMILES string of the molecule is CC(C)(C)c1cc(C=NCC(Cc2c[nH]c3ccccc23)N=Cc2cc(C(C)(C)C)cc(C(C)(C)C)c2O)c(O)c(C(C)(C)C)c1. The van der Waals surface area contributed by atoms with Gasteiger partial charge in [0, 0.05) is 51.8 Å². The van der Waals surface area contributed by atoms with Gasteiger partial charge in [-0.15, -0.1) is 0 Å². The van der Waals surface area contributed by atoms with Crippen LogP contribution < -0.4 is 0 Å². The zero-order valence-electron chi connectivity index (χ0n) is 30.1. The van der Waals surface area contributed by atoms with Crippen LogP contribution in [0.4, 0.5) is 0 Å². The molecule has 3 aromatic carbocycles. The standard InChI is InChI=1S/C41H55N3O2/c1-38(2,3)29-17-27(36(45)33(20-29)40(7,8)9)22-42-25-31(19-26-23-44-35-16-14-13-15-32(26)35)43-24-28-18-30(39(4,5)6)21-34(37(28)46)41(10,11)12/h13-18,20-24,31,44-46H,19,25H2,1-12H3. The molecule has 0 bridgehead atoms. The second-order valence-corrected chi connectivity index (χ2v) is 16.9. The lowest BCUT2D eigenvalue weighted by Crippen LogP contribution is -2.18. The molecule has 246 valence electrons. The van der Waals surface area contributed by atoms with E-state index in [-0.39, 0.29) is 39.2 Å². The van der Waals surface area contributed by atoms with Crippen LogP contribution in [0.2, 0.25) is 0 Å². The summed E-state index contributed by atoms with van der Waals surface area (Å²) in [6.07, 6.45) is 6.35. The highest BCUT2D eigenvalue weighted by molar-refractivity contribution is 5.87. The molecule has 4 aromatic rings. The first-order valence-corrected chi connectivity index (χ1v) is 16.5. The lowest BCUT2D eigenvalue weighted by Gasteiger charge is -2.27. The Labute approximate surface area is 276 Å². The van der Waals surface area contributed by atoms with E-state index in [1.165, 1.54) is 10.9 Å². The first-order chi connectivity index (χ1) is 21.2. The van der Waals surface area contributed by atoms with Gasteiger partial charge in [0.25, 0.3) is 0 Å². The Morgan fingerprint density at radius 1 is 0.674 bits per heavy atom. The van der Waals surface area contributed by atoms with Gasteiger partial charge in [-0.1, -0.05) is 113 Å². The Morgan fingerprint density at radius 2 is 1.17 bits per heavy atom. The van der Waals surface area contributed by atoms with Crippen molar-refractivity contribution in [1.29, 1.82) is 0 Å². The second kappa shape index (κ2) is 12.7. The van der Waals surface area contributed by atoms with Crippen molar-refractivity contribution in [3.8, 4) is 11.5 Å². The summed E-state index contributed by atoms with van der Waals surface area (Å²) >= 11 is 0. The highest BCUT2D eigenvalue weighted by atomic mass is 16.3. The predicted molar refractivity (Wildman–Crippen MR) is 197 cm³/mol. The van der Waals surface area contributed by atoms with E-state index in [1.54, 1.807) is 6.21 Å². The van der Waals surface area contributed by atoms with Gasteiger partial charge in [-0.25, -0.2) is 0 Å². The average molecular weight is 622 g/mol. The van der Waals surface area contributed by atoms with Gasteiger partial charge in [0.2, 0.25) is 0 Å². The zero-order valence-corrected chi connectivity index (χ0v) is 30.1. The van der Waals surface area contributed by atoms with Crippen LogP contribution in [0.3, 0.4) is 0 Å². The number of aromatic hydroxyl groups is 2. The van der Waals surface area contributed by atoms with Crippen molar-refractivity contribution in [2.75, 3.05) is 6.54 Å². The van der Waals surface area contributed by atoms with Gasteiger partial charge in [0.15, 0.2) is 0 Å². The van der Waals surface area contributed by atoms with Crippen molar-refractivity contribution < 1.29 is 10.2 Å². The predicted octanol–water partition coefficient (Wildman–Crippen LogP) is 9.92. The number of H-pyrrole nitrogens is 1. The summed E-state index contributed by atoms with van der Waals surface area (Å²) in [6, 6.07) is 16.5. The van der Waals surface area contributed by atoms with Gasteiger partial charge in [-0.2, -0.15) is 0 Å². The van der Waals surface area contributed by atoms with Crippen molar-refractivity contribution in [2.45, 2.75) is 117 Å². The number of rotatable bonds is 7. The molecule has 46 heavy (non-hydrogen) atoms. The molecule has 0 fully saturated rings. The van der Waals surface area contributed by atoms with Crippen LogP contribution in [-0.4, -0.2) is 40.2 Å². The maximum Gasteiger partial charge on any atom is 0.128 e. The molecule has 0 saturated heterocycles. The Balaban J connectivity index is 1.76. The van der Waals surface area contributed by atoms with Crippen LogP contribution in [0.15, 0.2) is 64.7 Å². The molecule has 5 nitrogen and oxygen atoms in total. The van der Waals surface area contributed by atoms with Crippen molar-refractivity contribution in [2.24, 2.45) is 9.98 Å². The lowest BCUT2D eigenvalue weighted by molar-refractivity contribution is 0.443. The molecule has 0 aliphatic carbocycles. The summed E-state index contributed by atoms with van der Waals surface area (Å²) in [5.41, 5.74) is 7.25. The quantitative estimate of drug-likeness (QED) is 0.180. The Hall–Kier alpha value is -3.86. The molecule has 1 atom stereocenters. The van der Waals surface area contributed by atoms with Gasteiger partial charge in [0.05, 0.1) is 12.6 Å². The maximum absolute atomic E-state index is 11.4. The van der Waals surface area contributed by atoms with E-state index < -0.39 is 0 Å². The van der Waals surface area contributed by atoms with Crippen molar-refractivity contribution in [3.63, 3.8) is 0 Å². The number of hydrogen-bond donors (Lipinski definition) is 3. The number of aromatic amines is 1. The third-order valence-electron chi connectivity index (χ3n) is 8.73. The van der Waals surface area contributed by atoms with Gasteiger partial charge >= 0.3 is 0 Å². The minimum atomic E-state index is -0.225. The number of phenolic OH excluding ortho intramolecular Hbond substituents is 2. The molecular formula is C41H55N3O2. The minimum absolute atomic E-state index is 0.0754.